The van der Waals surface area contributed by atoms with Gasteiger partial charge >= 0.3 is 0 Å². The number of nitrogens with two attached hydrogens (primary N) is 1. The summed E-state index contributed by atoms with van der Waals surface area (Å²) in [4.78, 5) is 0. The van der Waals surface area contributed by atoms with Crippen molar-refractivity contribution in [3.63, 3.8) is 0 Å². The zero-order chi connectivity index (χ0) is 14.4. The summed E-state index contributed by atoms with van der Waals surface area (Å²) in [6.45, 7) is 1.97. The second kappa shape index (κ2) is 7.28. The van der Waals surface area contributed by atoms with Crippen molar-refractivity contribution in [2.24, 2.45) is 17.6 Å². The maximum atomic E-state index is 8.94. The van der Waals surface area contributed by atoms with E-state index in [0.29, 0.717) is 24.0 Å². The lowest BCUT2D eigenvalue weighted by Crippen LogP contribution is -2.22. The van der Waals surface area contributed by atoms with E-state index in [1.807, 2.05) is 12.1 Å². The van der Waals surface area contributed by atoms with Crippen molar-refractivity contribution in [1.82, 2.24) is 0 Å². The van der Waals surface area contributed by atoms with E-state index in [9.17, 15) is 0 Å². The zero-order valence-corrected chi connectivity index (χ0v) is 12.0. The van der Waals surface area contributed by atoms with Gasteiger partial charge in [-0.05, 0) is 49.4 Å². The molecule has 4 heteroatoms. The molecule has 20 heavy (non-hydrogen) atoms. The van der Waals surface area contributed by atoms with Crippen LogP contribution in [-0.2, 0) is 11.3 Å². The van der Waals surface area contributed by atoms with Crippen LogP contribution in [0, 0.1) is 23.2 Å². The molecular formula is C16H22N2O2. The number of nitriles is 1. The molecule has 2 rings (SSSR count). The Balaban J connectivity index is 1.92. The lowest BCUT2D eigenvalue weighted by molar-refractivity contribution is 0.0741. The Morgan fingerprint density at radius 2 is 2.15 bits per heavy atom. The number of nitrogens with zero attached hydrogens (tertiary/aromatic N) is 1. The van der Waals surface area contributed by atoms with Crippen molar-refractivity contribution in [2.75, 3.05) is 20.3 Å². The number of hydrogen-bond acceptors (Lipinski definition) is 4. The molecule has 2 atom stereocenters. The molecule has 1 saturated carbocycles. The van der Waals surface area contributed by atoms with Crippen molar-refractivity contribution >= 4 is 0 Å². The van der Waals surface area contributed by atoms with Gasteiger partial charge in [-0.1, -0.05) is 6.42 Å². The third-order valence-corrected chi connectivity index (χ3v) is 4.12. The summed E-state index contributed by atoms with van der Waals surface area (Å²) >= 11 is 0. The van der Waals surface area contributed by atoms with Gasteiger partial charge in [0.1, 0.15) is 5.75 Å². The minimum Gasteiger partial charge on any atom is -0.496 e. The second-order valence-corrected chi connectivity index (χ2v) is 5.34. The number of methoxy groups -OCH3 is 1. The van der Waals surface area contributed by atoms with Crippen LogP contribution < -0.4 is 10.5 Å². The van der Waals surface area contributed by atoms with Crippen molar-refractivity contribution in [1.29, 1.82) is 5.26 Å². The number of rotatable bonds is 6. The Bertz CT molecular complexity index is 482. The molecule has 1 aliphatic carbocycles. The van der Waals surface area contributed by atoms with Crippen molar-refractivity contribution in [3.8, 4) is 11.8 Å². The Labute approximate surface area is 120 Å². The predicted octanol–water partition coefficient (Wildman–Crippen LogP) is 2.46. The molecular weight excluding hydrogens is 252 g/mol. The van der Waals surface area contributed by atoms with Gasteiger partial charge in [0.25, 0.3) is 0 Å². The third-order valence-electron chi connectivity index (χ3n) is 4.12. The number of benzene rings is 1. The van der Waals surface area contributed by atoms with Crippen molar-refractivity contribution in [3.05, 3.63) is 29.3 Å². The van der Waals surface area contributed by atoms with Crippen LogP contribution in [0.5, 0.6) is 5.75 Å². The van der Waals surface area contributed by atoms with E-state index >= 15 is 0 Å². The molecule has 4 nitrogen and oxygen atoms in total. The molecule has 1 fully saturated rings. The summed E-state index contributed by atoms with van der Waals surface area (Å²) in [5.74, 6) is 1.94. The highest BCUT2D eigenvalue weighted by atomic mass is 16.5. The van der Waals surface area contributed by atoms with Crippen LogP contribution in [0.1, 0.15) is 30.4 Å². The Morgan fingerprint density at radius 3 is 2.85 bits per heavy atom. The van der Waals surface area contributed by atoms with Crippen LogP contribution in [0.3, 0.4) is 0 Å². The SMILES string of the molecule is COc1ccc(C#N)cc1COCC1CCCC1CN. The van der Waals surface area contributed by atoms with Crippen molar-refractivity contribution in [2.45, 2.75) is 25.9 Å². The van der Waals surface area contributed by atoms with Crippen molar-refractivity contribution < 1.29 is 9.47 Å². The summed E-state index contributed by atoms with van der Waals surface area (Å²) in [6, 6.07) is 7.53. The topological polar surface area (TPSA) is 68.3 Å². The first-order valence-corrected chi connectivity index (χ1v) is 7.13. The van der Waals surface area contributed by atoms with Gasteiger partial charge in [-0.3, -0.25) is 0 Å². The van der Waals surface area contributed by atoms with Crippen LogP contribution >= 0.6 is 0 Å². The normalized spacial score (nSPS) is 21.6. The molecule has 2 N–H and O–H groups in total. The molecule has 1 aromatic carbocycles. The van der Waals surface area contributed by atoms with Crippen LogP contribution in [0.15, 0.2) is 18.2 Å². The lowest BCUT2D eigenvalue weighted by Gasteiger charge is -2.18. The van der Waals surface area contributed by atoms with Gasteiger partial charge in [0.05, 0.1) is 32.0 Å². The first-order valence-electron chi connectivity index (χ1n) is 7.13. The second-order valence-electron chi connectivity index (χ2n) is 5.34. The highest BCUT2D eigenvalue weighted by Crippen LogP contribution is 2.31. The quantitative estimate of drug-likeness (QED) is 0.865. The summed E-state index contributed by atoms with van der Waals surface area (Å²) < 4.78 is 11.1. The maximum absolute atomic E-state index is 8.94. The standard InChI is InChI=1S/C16H22N2O2/c1-19-16-6-5-12(8-17)7-15(16)11-20-10-14-4-2-3-13(14)9-18/h5-7,13-14H,2-4,9-11,18H2,1H3. The third kappa shape index (κ3) is 3.50. The number of ether oxygens (including phenoxy) is 2. The highest BCUT2D eigenvalue weighted by Gasteiger charge is 2.26. The first kappa shape index (κ1) is 14.8. The van der Waals surface area contributed by atoms with E-state index < -0.39 is 0 Å². The Hall–Kier alpha value is -1.57. The molecule has 0 aromatic heterocycles. The predicted molar refractivity (Wildman–Crippen MR) is 77.3 cm³/mol. The molecule has 0 radical (unpaired) electrons. The van der Waals surface area contributed by atoms with Crippen LogP contribution in [0.4, 0.5) is 0 Å². The minimum atomic E-state index is 0.479. The van der Waals surface area contributed by atoms with Gasteiger partial charge in [0.2, 0.25) is 0 Å². The molecule has 0 saturated heterocycles. The fraction of sp³-hybridized carbons (Fsp3) is 0.562. The van der Waals surface area contributed by atoms with E-state index in [2.05, 4.69) is 6.07 Å². The molecule has 0 aliphatic heterocycles. The molecule has 0 heterocycles. The van der Waals surface area contributed by atoms with Gasteiger partial charge < -0.3 is 15.2 Å². The van der Waals surface area contributed by atoms with E-state index in [1.54, 1.807) is 13.2 Å². The van der Waals surface area contributed by atoms with Gasteiger partial charge in [-0.25, -0.2) is 0 Å². The van der Waals surface area contributed by atoms with Crippen LogP contribution in [0.25, 0.3) is 0 Å². The Morgan fingerprint density at radius 1 is 1.35 bits per heavy atom. The summed E-state index contributed by atoms with van der Waals surface area (Å²) in [5.41, 5.74) is 7.33. The maximum Gasteiger partial charge on any atom is 0.124 e. The Kier molecular flexibility index (Phi) is 5.40. The first-order chi connectivity index (χ1) is 9.78. The summed E-state index contributed by atoms with van der Waals surface area (Å²) in [7, 11) is 1.63. The summed E-state index contributed by atoms with van der Waals surface area (Å²) in [5, 5.41) is 8.94. The fourth-order valence-electron chi connectivity index (χ4n) is 2.92. The molecule has 108 valence electrons. The molecule has 0 spiro atoms. The lowest BCUT2D eigenvalue weighted by atomic mass is 9.97. The highest BCUT2D eigenvalue weighted by molar-refractivity contribution is 5.41. The zero-order valence-electron chi connectivity index (χ0n) is 12.0. The van der Waals surface area contributed by atoms with E-state index in [4.69, 9.17) is 20.5 Å². The molecule has 0 bridgehead atoms. The molecule has 0 amide bonds. The fourth-order valence-corrected chi connectivity index (χ4v) is 2.92. The number of hydrogen-bond donors (Lipinski definition) is 1. The van der Waals surface area contributed by atoms with E-state index in [1.165, 1.54) is 19.3 Å². The van der Waals surface area contributed by atoms with Crippen LogP contribution in [0.2, 0.25) is 0 Å². The molecule has 1 aliphatic rings. The van der Waals surface area contributed by atoms with E-state index in [0.717, 1.165) is 24.5 Å². The van der Waals surface area contributed by atoms with Gasteiger partial charge in [-0.15, -0.1) is 0 Å². The molecule has 1 aromatic rings. The monoisotopic (exact) mass is 274 g/mol. The van der Waals surface area contributed by atoms with Gasteiger partial charge in [-0.2, -0.15) is 5.26 Å². The minimum absolute atomic E-state index is 0.479. The largest absolute Gasteiger partial charge is 0.496 e. The van der Waals surface area contributed by atoms with Crippen LogP contribution in [-0.4, -0.2) is 20.3 Å². The average Bonchev–Trinajstić information content (AvgIpc) is 2.94. The average molecular weight is 274 g/mol. The molecule has 2 unspecified atom stereocenters. The summed E-state index contributed by atoms with van der Waals surface area (Å²) in [6.07, 6.45) is 3.68. The smallest absolute Gasteiger partial charge is 0.124 e. The van der Waals surface area contributed by atoms with E-state index in [-0.39, 0.29) is 0 Å². The van der Waals surface area contributed by atoms with Gasteiger partial charge in [0, 0.05) is 5.56 Å². The van der Waals surface area contributed by atoms with Gasteiger partial charge in [0.15, 0.2) is 0 Å².